The first-order valence-electron chi connectivity index (χ1n) is 11.0. The molecule has 1 aliphatic rings. The maximum atomic E-state index is 13.1. The van der Waals surface area contributed by atoms with Crippen LogP contribution in [-0.4, -0.2) is 50.2 Å². The second-order valence-electron chi connectivity index (χ2n) is 8.37. The van der Waals surface area contributed by atoms with Gasteiger partial charge < -0.3 is 19.1 Å². The number of carbonyl (C=O) groups excluding carboxylic acids is 1. The normalized spacial score (nSPS) is 14.6. The lowest BCUT2D eigenvalue weighted by Gasteiger charge is -2.34. The Balaban J connectivity index is 1.39. The molecular weight excluding hydrogens is 386 g/mol. The number of hydrogen-bond donors (Lipinski definition) is 1. The van der Waals surface area contributed by atoms with E-state index in [1.54, 1.807) is 7.11 Å². The summed E-state index contributed by atoms with van der Waals surface area (Å²) in [5.74, 6) is 1.15. The molecule has 1 fully saturated rings. The summed E-state index contributed by atoms with van der Waals surface area (Å²) in [6.45, 7) is 9.26. The number of hydrogen-bond acceptors (Lipinski definition) is 3. The van der Waals surface area contributed by atoms with E-state index in [4.69, 9.17) is 4.74 Å². The average Bonchev–Trinajstić information content (AvgIpc) is 3.09. The van der Waals surface area contributed by atoms with Crippen molar-refractivity contribution in [1.29, 1.82) is 0 Å². The molecule has 4 rings (SSSR count). The summed E-state index contributed by atoms with van der Waals surface area (Å²) in [6.07, 6.45) is 0. The Morgan fingerprint density at radius 1 is 1.00 bits per heavy atom. The fourth-order valence-electron chi connectivity index (χ4n) is 4.55. The third kappa shape index (κ3) is 4.67. The number of nitrogens with zero attached hydrogens (tertiary/aromatic N) is 2. The highest BCUT2D eigenvalue weighted by Gasteiger charge is 2.26. The second kappa shape index (κ2) is 9.40. The number of carbonyl (C=O) groups is 1. The van der Waals surface area contributed by atoms with Crippen molar-refractivity contribution in [3.63, 3.8) is 0 Å². The number of ether oxygens (including phenoxy) is 1. The third-order valence-corrected chi connectivity index (χ3v) is 6.36. The number of aryl methyl sites for hydroxylation is 1. The van der Waals surface area contributed by atoms with E-state index >= 15 is 0 Å². The van der Waals surface area contributed by atoms with Crippen molar-refractivity contribution in [2.45, 2.75) is 20.4 Å². The minimum Gasteiger partial charge on any atom is -0.495 e. The topological polar surface area (TPSA) is 38.9 Å². The van der Waals surface area contributed by atoms with Crippen molar-refractivity contribution in [3.8, 4) is 5.75 Å². The van der Waals surface area contributed by atoms with Crippen LogP contribution in [0.5, 0.6) is 5.75 Å². The van der Waals surface area contributed by atoms with Gasteiger partial charge >= 0.3 is 0 Å². The monoisotopic (exact) mass is 418 g/mol. The molecule has 31 heavy (non-hydrogen) atoms. The Labute approximate surface area is 184 Å². The zero-order valence-corrected chi connectivity index (χ0v) is 18.7. The lowest BCUT2D eigenvalue weighted by atomic mass is 10.1. The highest BCUT2D eigenvalue weighted by atomic mass is 16.5. The Hall–Kier alpha value is -3.05. The average molecular weight is 419 g/mol. The molecule has 0 amide bonds. The molecule has 2 heterocycles. The summed E-state index contributed by atoms with van der Waals surface area (Å²) in [4.78, 5) is 16.8. The van der Waals surface area contributed by atoms with Gasteiger partial charge in [0.15, 0.2) is 0 Å². The molecule has 1 N–H and O–H groups in total. The number of ketones is 1. The van der Waals surface area contributed by atoms with Crippen LogP contribution in [0.3, 0.4) is 0 Å². The van der Waals surface area contributed by atoms with Crippen molar-refractivity contribution < 1.29 is 14.4 Å². The molecule has 2 aromatic carbocycles. The molecule has 0 radical (unpaired) electrons. The predicted molar refractivity (Wildman–Crippen MR) is 125 cm³/mol. The van der Waals surface area contributed by atoms with E-state index < -0.39 is 0 Å². The standard InChI is InChI=1S/C26H31N3O2/c1-20-17-23(21(2)29(20)18-22-9-5-4-6-10-22)25(30)19-27-13-15-28(16-14-27)24-11-7-8-12-26(24)31-3/h4-12,17H,13-16,18-19H2,1-3H3/p+1. The number of methoxy groups -OCH3 is 1. The van der Waals surface area contributed by atoms with E-state index in [0.29, 0.717) is 6.54 Å². The van der Waals surface area contributed by atoms with Crippen molar-refractivity contribution in [2.75, 3.05) is 44.7 Å². The van der Waals surface area contributed by atoms with E-state index in [0.717, 1.165) is 61.1 Å². The van der Waals surface area contributed by atoms with E-state index in [2.05, 4.69) is 59.7 Å². The van der Waals surface area contributed by atoms with Gasteiger partial charge in [-0.1, -0.05) is 42.5 Å². The van der Waals surface area contributed by atoms with Crippen LogP contribution in [-0.2, 0) is 6.54 Å². The fraction of sp³-hybridized carbons (Fsp3) is 0.346. The molecule has 5 heteroatoms. The van der Waals surface area contributed by atoms with Gasteiger partial charge in [0.2, 0.25) is 5.78 Å². The number of piperazine rings is 1. The number of rotatable bonds is 7. The molecule has 5 nitrogen and oxygen atoms in total. The summed E-state index contributed by atoms with van der Waals surface area (Å²) in [7, 11) is 1.72. The number of nitrogens with one attached hydrogen (secondary N) is 1. The quantitative estimate of drug-likeness (QED) is 0.600. The summed E-state index contributed by atoms with van der Waals surface area (Å²) in [6, 6.07) is 20.6. The predicted octanol–water partition coefficient (Wildman–Crippen LogP) is 2.75. The van der Waals surface area contributed by atoms with Crippen molar-refractivity contribution in [2.24, 2.45) is 0 Å². The van der Waals surface area contributed by atoms with E-state index in [1.807, 2.05) is 24.3 Å². The lowest BCUT2D eigenvalue weighted by molar-refractivity contribution is -0.892. The van der Waals surface area contributed by atoms with Gasteiger partial charge in [0.25, 0.3) is 0 Å². The van der Waals surface area contributed by atoms with Crippen LogP contribution in [0.1, 0.15) is 27.3 Å². The highest BCUT2D eigenvalue weighted by molar-refractivity contribution is 5.98. The van der Waals surface area contributed by atoms with Crippen LogP contribution >= 0.6 is 0 Å². The largest absolute Gasteiger partial charge is 0.495 e. The molecule has 0 spiro atoms. The van der Waals surface area contributed by atoms with Crippen LogP contribution in [0.4, 0.5) is 5.69 Å². The van der Waals surface area contributed by atoms with Crippen LogP contribution < -0.4 is 14.5 Å². The van der Waals surface area contributed by atoms with Crippen molar-refractivity contribution in [1.82, 2.24) is 4.57 Å². The van der Waals surface area contributed by atoms with Gasteiger partial charge in [-0.25, -0.2) is 0 Å². The molecule has 0 bridgehead atoms. The molecule has 1 aliphatic heterocycles. The first-order valence-corrected chi connectivity index (χ1v) is 11.0. The minimum absolute atomic E-state index is 0.244. The SMILES string of the molecule is COc1ccccc1N1CC[NH+](CC(=O)c2cc(C)n(Cc3ccccc3)c2C)CC1. The zero-order valence-electron chi connectivity index (χ0n) is 18.7. The van der Waals surface area contributed by atoms with E-state index in [1.165, 1.54) is 10.5 Å². The van der Waals surface area contributed by atoms with Crippen molar-refractivity contribution >= 4 is 11.5 Å². The Morgan fingerprint density at radius 3 is 2.39 bits per heavy atom. The number of quaternary nitrogens is 1. The third-order valence-electron chi connectivity index (χ3n) is 6.36. The molecule has 0 saturated carbocycles. The van der Waals surface area contributed by atoms with Crippen LogP contribution in [0, 0.1) is 13.8 Å². The summed E-state index contributed by atoms with van der Waals surface area (Å²) in [5.41, 5.74) is 5.47. The molecular formula is C26H32N3O2+. The molecule has 1 aromatic heterocycles. The van der Waals surface area contributed by atoms with Crippen LogP contribution in [0.25, 0.3) is 0 Å². The maximum absolute atomic E-state index is 13.1. The fourth-order valence-corrected chi connectivity index (χ4v) is 4.55. The summed E-state index contributed by atoms with van der Waals surface area (Å²) >= 11 is 0. The Kier molecular flexibility index (Phi) is 6.42. The molecule has 0 unspecified atom stereocenters. The van der Waals surface area contributed by atoms with Gasteiger partial charge in [-0.2, -0.15) is 0 Å². The summed E-state index contributed by atoms with van der Waals surface area (Å²) < 4.78 is 7.76. The lowest BCUT2D eigenvalue weighted by Crippen LogP contribution is -3.15. The maximum Gasteiger partial charge on any atom is 0.218 e. The van der Waals surface area contributed by atoms with Gasteiger partial charge in [-0.05, 0) is 37.6 Å². The van der Waals surface area contributed by atoms with Gasteiger partial charge in [-0.3, -0.25) is 4.79 Å². The number of aromatic nitrogens is 1. The van der Waals surface area contributed by atoms with E-state index in [9.17, 15) is 4.79 Å². The number of benzene rings is 2. The van der Waals surface area contributed by atoms with Crippen LogP contribution in [0.15, 0.2) is 60.7 Å². The van der Waals surface area contributed by atoms with Crippen LogP contribution in [0.2, 0.25) is 0 Å². The van der Waals surface area contributed by atoms with Gasteiger partial charge in [0.1, 0.15) is 12.3 Å². The number of Topliss-reactive ketones (excluding diaryl/α,β-unsaturated/α-hetero) is 1. The molecule has 1 saturated heterocycles. The first-order chi connectivity index (χ1) is 15.1. The van der Waals surface area contributed by atoms with Gasteiger partial charge in [0, 0.05) is 23.5 Å². The molecule has 3 aromatic rings. The van der Waals surface area contributed by atoms with E-state index in [-0.39, 0.29) is 5.78 Å². The van der Waals surface area contributed by atoms with Gasteiger partial charge in [-0.15, -0.1) is 0 Å². The smallest absolute Gasteiger partial charge is 0.218 e. The summed E-state index contributed by atoms with van der Waals surface area (Å²) in [5, 5.41) is 0. The molecule has 162 valence electrons. The molecule has 0 atom stereocenters. The van der Waals surface area contributed by atoms with Crippen molar-refractivity contribution in [3.05, 3.63) is 83.2 Å². The number of anilines is 1. The Bertz CT molecular complexity index is 1030. The number of para-hydroxylation sites is 2. The minimum atomic E-state index is 0.244. The Morgan fingerprint density at radius 2 is 1.68 bits per heavy atom. The zero-order chi connectivity index (χ0) is 21.8. The highest BCUT2D eigenvalue weighted by Crippen LogP contribution is 2.27. The van der Waals surface area contributed by atoms with Gasteiger partial charge in [0.05, 0.1) is 39.0 Å². The first kappa shape index (κ1) is 21.2. The second-order valence-corrected chi connectivity index (χ2v) is 8.37. The molecule has 0 aliphatic carbocycles.